The Kier molecular flexibility index (Phi) is 6.59. The number of hydrogen-bond donors (Lipinski definition) is 1. The van der Waals surface area contributed by atoms with E-state index in [1.807, 2.05) is 49.4 Å². The largest absolute Gasteiger partial charge is 0.349 e. The summed E-state index contributed by atoms with van der Waals surface area (Å²) in [5.41, 5.74) is 1.93. The highest BCUT2D eigenvalue weighted by Gasteiger charge is 2.22. The molecule has 5 heteroatoms. The van der Waals surface area contributed by atoms with Crippen LogP contribution in [0.25, 0.3) is 0 Å². The van der Waals surface area contributed by atoms with Crippen LogP contribution in [0.5, 0.6) is 0 Å². The van der Waals surface area contributed by atoms with Gasteiger partial charge >= 0.3 is 0 Å². The van der Waals surface area contributed by atoms with Crippen molar-refractivity contribution in [2.75, 3.05) is 7.05 Å². The van der Waals surface area contributed by atoms with Gasteiger partial charge in [0, 0.05) is 19.0 Å². The molecule has 0 aliphatic carbocycles. The molecule has 0 radical (unpaired) electrons. The van der Waals surface area contributed by atoms with Crippen LogP contribution >= 0.6 is 11.6 Å². The second-order valence-electron chi connectivity index (χ2n) is 6.10. The van der Waals surface area contributed by atoms with Gasteiger partial charge in [-0.05, 0) is 30.2 Å². The molecule has 2 amide bonds. The molecule has 0 spiro atoms. The number of nitrogens with one attached hydrogen (secondary N) is 1. The highest BCUT2D eigenvalue weighted by molar-refractivity contribution is 6.30. The average molecular weight is 359 g/mol. The van der Waals surface area contributed by atoms with Gasteiger partial charge in [0.2, 0.25) is 11.8 Å². The molecule has 4 nitrogen and oxygen atoms in total. The van der Waals surface area contributed by atoms with Gasteiger partial charge in [-0.3, -0.25) is 9.59 Å². The molecule has 0 fully saturated rings. The highest BCUT2D eigenvalue weighted by Crippen LogP contribution is 2.24. The first-order chi connectivity index (χ1) is 11.9. The van der Waals surface area contributed by atoms with Gasteiger partial charge in [-0.1, -0.05) is 54.1 Å². The predicted molar refractivity (Wildman–Crippen MR) is 100 cm³/mol. The fourth-order valence-corrected chi connectivity index (χ4v) is 2.81. The molecule has 0 heterocycles. The number of amides is 2. The van der Waals surface area contributed by atoms with Gasteiger partial charge in [0.25, 0.3) is 0 Å². The van der Waals surface area contributed by atoms with Crippen LogP contribution in [0, 0.1) is 0 Å². The van der Waals surface area contributed by atoms with Crippen molar-refractivity contribution in [2.45, 2.75) is 32.4 Å². The van der Waals surface area contributed by atoms with Gasteiger partial charge in [0.05, 0.1) is 18.5 Å². The van der Waals surface area contributed by atoms with E-state index in [9.17, 15) is 9.59 Å². The summed E-state index contributed by atoms with van der Waals surface area (Å²) >= 11 is 5.93. The number of halogens is 1. The van der Waals surface area contributed by atoms with Gasteiger partial charge in [0.15, 0.2) is 0 Å². The van der Waals surface area contributed by atoms with Crippen molar-refractivity contribution in [1.29, 1.82) is 0 Å². The number of nitrogens with zero attached hydrogens (tertiary/aromatic N) is 1. The van der Waals surface area contributed by atoms with E-state index in [-0.39, 0.29) is 30.3 Å². The van der Waals surface area contributed by atoms with E-state index >= 15 is 0 Å². The number of carbonyl (C=O) groups is 2. The second kappa shape index (κ2) is 8.67. The first kappa shape index (κ1) is 19.0. The molecule has 1 N–H and O–H groups in total. The molecule has 2 rings (SSSR count). The van der Waals surface area contributed by atoms with Gasteiger partial charge in [-0.15, -0.1) is 0 Å². The third-order valence-electron chi connectivity index (χ3n) is 4.28. The molecule has 0 aliphatic heterocycles. The summed E-state index contributed by atoms with van der Waals surface area (Å²) in [6, 6.07) is 16.6. The van der Waals surface area contributed by atoms with Crippen molar-refractivity contribution in [3.63, 3.8) is 0 Å². The van der Waals surface area contributed by atoms with Crippen LogP contribution < -0.4 is 5.32 Å². The summed E-state index contributed by atoms with van der Waals surface area (Å²) in [6.45, 7) is 3.44. The topological polar surface area (TPSA) is 49.4 Å². The van der Waals surface area contributed by atoms with Gasteiger partial charge in [-0.2, -0.15) is 0 Å². The van der Waals surface area contributed by atoms with E-state index in [2.05, 4.69) is 5.32 Å². The molecule has 0 saturated heterocycles. The third-order valence-corrected chi connectivity index (χ3v) is 4.54. The Labute approximate surface area is 153 Å². The fraction of sp³-hybridized carbons (Fsp3) is 0.300. The van der Waals surface area contributed by atoms with Crippen LogP contribution in [0.3, 0.4) is 0 Å². The molecule has 0 aromatic heterocycles. The van der Waals surface area contributed by atoms with Crippen molar-refractivity contribution < 1.29 is 9.59 Å². The minimum absolute atomic E-state index is 0.0370. The Morgan fingerprint density at radius 2 is 1.64 bits per heavy atom. The number of benzene rings is 2. The van der Waals surface area contributed by atoms with Crippen molar-refractivity contribution in [2.24, 2.45) is 0 Å². The molecular weight excluding hydrogens is 336 g/mol. The van der Waals surface area contributed by atoms with Gasteiger partial charge < -0.3 is 10.2 Å². The van der Waals surface area contributed by atoms with Gasteiger partial charge in [-0.25, -0.2) is 0 Å². The lowest BCUT2D eigenvalue weighted by Crippen LogP contribution is -2.35. The maximum absolute atomic E-state index is 12.7. The smallest absolute Gasteiger partial charge is 0.225 e. The summed E-state index contributed by atoms with van der Waals surface area (Å²) < 4.78 is 0. The Balaban J connectivity index is 2.13. The van der Waals surface area contributed by atoms with E-state index in [4.69, 9.17) is 11.6 Å². The maximum Gasteiger partial charge on any atom is 0.225 e. The maximum atomic E-state index is 12.7. The Hall–Kier alpha value is -2.33. The first-order valence-electron chi connectivity index (χ1n) is 8.21. The van der Waals surface area contributed by atoms with E-state index < -0.39 is 0 Å². The molecule has 0 aliphatic rings. The molecule has 2 atom stereocenters. The summed E-state index contributed by atoms with van der Waals surface area (Å²) in [7, 11) is 1.78. The average Bonchev–Trinajstić information content (AvgIpc) is 2.60. The monoisotopic (exact) mass is 358 g/mol. The number of carbonyl (C=O) groups excluding carboxylic acids is 2. The quantitative estimate of drug-likeness (QED) is 0.844. The third kappa shape index (κ3) is 5.33. The molecule has 2 aromatic rings. The van der Waals surface area contributed by atoms with Gasteiger partial charge in [0.1, 0.15) is 0 Å². The van der Waals surface area contributed by atoms with Crippen molar-refractivity contribution in [3.05, 3.63) is 70.7 Å². The van der Waals surface area contributed by atoms with E-state index in [1.54, 1.807) is 24.1 Å². The lowest BCUT2D eigenvalue weighted by molar-refractivity contribution is -0.132. The van der Waals surface area contributed by atoms with Crippen LogP contribution in [-0.2, 0) is 9.59 Å². The second-order valence-corrected chi connectivity index (χ2v) is 6.54. The zero-order chi connectivity index (χ0) is 18.4. The van der Waals surface area contributed by atoms with E-state index in [0.29, 0.717) is 5.02 Å². The summed E-state index contributed by atoms with van der Waals surface area (Å²) in [4.78, 5) is 26.0. The van der Waals surface area contributed by atoms with Crippen LogP contribution in [0.1, 0.15) is 43.5 Å². The van der Waals surface area contributed by atoms with Crippen LogP contribution in [0.4, 0.5) is 0 Å². The number of rotatable bonds is 6. The standard InChI is InChI=1S/C20H23ClN2O2/c1-14(16-7-5-4-6-8-16)23(3)20(25)13-19(22-15(2)24)17-9-11-18(21)12-10-17/h4-12,14,19H,13H2,1-3H3,(H,22,24). The fourth-order valence-electron chi connectivity index (χ4n) is 2.68. The van der Waals surface area contributed by atoms with Crippen molar-refractivity contribution >= 4 is 23.4 Å². The van der Waals surface area contributed by atoms with Crippen molar-refractivity contribution in [3.8, 4) is 0 Å². The highest BCUT2D eigenvalue weighted by atomic mass is 35.5. The summed E-state index contributed by atoms with van der Waals surface area (Å²) in [5.74, 6) is -0.212. The summed E-state index contributed by atoms with van der Waals surface area (Å²) in [5, 5.41) is 3.47. The Bertz CT molecular complexity index is 716. The predicted octanol–water partition coefficient (Wildman–Crippen LogP) is 4.13. The van der Waals surface area contributed by atoms with E-state index in [1.165, 1.54) is 6.92 Å². The minimum atomic E-state index is -0.382. The van der Waals surface area contributed by atoms with E-state index in [0.717, 1.165) is 11.1 Å². The lowest BCUT2D eigenvalue weighted by atomic mass is 10.0. The SMILES string of the molecule is CC(=O)NC(CC(=O)N(C)C(C)c1ccccc1)c1ccc(Cl)cc1. The molecule has 25 heavy (non-hydrogen) atoms. The Morgan fingerprint density at radius 3 is 2.20 bits per heavy atom. The molecule has 2 aromatic carbocycles. The minimum Gasteiger partial charge on any atom is -0.349 e. The zero-order valence-electron chi connectivity index (χ0n) is 14.7. The Morgan fingerprint density at radius 1 is 1.04 bits per heavy atom. The molecular formula is C20H23ClN2O2. The number of hydrogen-bond acceptors (Lipinski definition) is 2. The zero-order valence-corrected chi connectivity index (χ0v) is 15.5. The van der Waals surface area contributed by atoms with Crippen molar-refractivity contribution in [1.82, 2.24) is 10.2 Å². The van der Waals surface area contributed by atoms with Crippen LogP contribution in [0.15, 0.2) is 54.6 Å². The molecule has 0 saturated carbocycles. The molecule has 2 unspecified atom stereocenters. The summed E-state index contributed by atoms with van der Waals surface area (Å²) in [6.07, 6.45) is 0.189. The first-order valence-corrected chi connectivity index (χ1v) is 8.59. The lowest BCUT2D eigenvalue weighted by Gasteiger charge is -2.28. The molecule has 0 bridgehead atoms. The van der Waals surface area contributed by atoms with Crippen LogP contribution in [0.2, 0.25) is 5.02 Å². The van der Waals surface area contributed by atoms with Crippen LogP contribution in [-0.4, -0.2) is 23.8 Å². The molecule has 132 valence electrons. The normalized spacial score (nSPS) is 13.0.